The Bertz CT molecular complexity index is 1280. The lowest BCUT2D eigenvalue weighted by Crippen LogP contribution is -2.33. The Balaban J connectivity index is 1.29. The fraction of sp³-hybridized carbons (Fsp3) is 0.269. The van der Waals surface area contributed by atoms with E-state index in [-0.39, 0.29) is 5.91 Å². The molecule has 2 N–H and O–H groups in total. The van der Waals surface area contributed by atoms with Crippen molar-refractivity contribution in [3.05, 3.63) is 72.4 Å². The van der Waals surface area contributed by atoms with Crippen molar-refractivity contribution >= 4 is 23.2 Å². The standard InChI is InChI=1S/C26H28N6O2/c1-34-22-11-9-19(10-12-22)23-8-5-16-32-24(23)29-26(30-32)28-21-7-4-6-20(18-21)25(33)27-13-17-31-14-2-3-15-31/h4-12,16,18H,2-3,13-15,17H2,1H3,(H,27,33)(H,28,30). The Labute approximate surface area is 198 Å². The average Bonchev–Trinajstić information content (AvgIpc) is 3.53. The van der Waals surface area contributed by atoms with Crippen LogP contribution in [0, 0.1) is 0 Å². The zero-order valence-electron chi connectivity index (χ0n) is 19.2. The number of anilines is 2. The molecule has 1 aliphatic rings. The third-order valence-corrected chi connectivity index (χ3v) is 6.06. The first-order chi connectivity index (χ1) is 16.7. The number of carbonyl (C=O) groups is 1. The minimum atomic E-state index is -0.0763. The van der Waals surface area contributed by atoms with Crippen LogP contribution in [0.15, 0.2) is 66.9 Å². The van der Waals surface area contributed by atoms with Crippen molar-refractivity contribution in [3.8, 4) is 16.9 Å². The SMILES string of the molecule is COc1ccc(-c2cccn3nc(Nc4cccc(C(=O)NCCN5CCCC5)c4)nc23)cc1. The number of hydrogen-bond acceptors (Lipinski definition) is 6. The average molecular weight is 457 g/mol. The second-order valence-corrected chi connectivity index (χ2v) is 8.36. The highest BCUT2D eigenvalue weighted by Crippen LogP contribution is 2.26. The zero-order chi connectivity index (χ0) is 23.3. The van der Waals surface area contributed by atoms with Gasteiger partial charge in [0, 0.05) is 36.1 Å². The predicted octanol–water partition coefficient (Wildman–Crippen LogP) is 3.97. The largest absolute Gasteiger partial charge is 0.497 e. The van der Waals surface area contributed by atoms with E-state index >= 15 is 0 Å². The number of likely N-dealkylation sites (tertiary alicyclic amines) is 1. The molecule has 1 aliphatic heterocycles. The van der Waals surface area contributed by atoms with Gasteiger partial charge in [0.1, 0.15) is 5.75 Å². The van der Waals surface area contributed by atoms with Crippen molar-refractivity contribution in [2.45, 2.75) is 12.8 Å². The van der Waals surface area contributed by atoms with Crippen LogP contribution in [0.4, 0.5) is 11.6 Å². The van der Waals surface area contributed by atoms with Crippen molar-refractivity contribution in [2.24, 2.45) is 0 Å². The van der Waals surface area contributed by atoms with Crippen LogP contribution < -0.4 is 15.4 Å². The molecule has 0 radical (unpaired) electrons. The van der Waals surface area contributed by atoms with Crippen molar-refractivity contribution in [1.82, 2.24) is 24.8 Å². The molecule has 34 heavy (non-hydrogen) atoms. The first-order valence-electron chi connectivity index (χ1n) is 11.6. The van der Waals surface area contributed by atoms with E-state index in [1.54, 1.807) is 11.6 Å². The first kappa shape index (κ1) is 21.9. The number of benzene rings is 2. The Morgan fingerprint density at radius 3 is 2.68 bits per heavy atom. The minimum absolute atomic E-state index is 0.0763. The summed E-state index contributed by atoms with van der Waals surface area (Å²) < 4.78 is 7.01. The highest BCUT2D eigenvalue weighted by Gasteiger charge is 2.13. The molecule has 1 amide bonds. The number of pyridine rings is 1. The van der Waals surface area contributed by atoms with E-state index in [2.05, 4.69) is 20.6 Å². The van der Waals surface area contributed by atoms with Gasteiger partial charge in [-0.05, 0) is 74.0 Å². The molecule has 2 aromatic heterocycles. The van der Waals surface area contributed by atoms with Crippen LogP contribution in [0.3, 0.4) is 0 Å². The molecule has 8 heteroatoms. The molecule has 0 spiro atoms. The van der Waals surface area contributed by atoms with E-state index in [0.717, 1.165) is 47.8 Å². The monoisotopic (exact) mass is 456 g/mol. The lowest BCUT2D eigenvalue weighted by atomic mass is 10.1. The summed E-state index contributed by atoms with van der Waals surface area (Å²) in [4.78, 5) is 19.7. The van der Waals surface area contributed by atoms with Crippen molar-refractivity contribution in [1.29, 1.82) is 0 Å². The van der Waals surface area contributed by atoms with Gasteiger partial charge in [-0.2, -0.15) is 4.98 Å². The number of hydrogen-bond donors (Lipinski definition) is 2. The maximum atomic E-state index is 12.6. The van der Waals surface area contributed by atoms with Crippen LogP contribution in [0.25, 0.3) is 16.8 Å². The third kappa shape index (κ3) is 4.87. The number of methoxy groups -OCH3 is 1. The molecular weight excluding hydrogens is 428 g/mol. The van der Waals surface area contributed by atoms with Gasteiger partial charge in [-0.25, -0.2) is 4.52 Å². The van der Waals surface area contributed by atoms with Crippen LogP contribution in [-0.2, 0) is 0 Å². The predicted molar refractivity (Wildman–Crippen MR) is 133 cm³/mol. The van der Waals surface area contributed by atoms with Gasteiger partial charge in [-0.1, -0.05) is 18.2 Å². The highest BCUT2D eigenvalue weighted by molar-refractivity contribution is 5.95. The number of amides is 1. The van der Waals surface area contributed by atoms with Gasteiger partial charge in [0.2, 0.25) is 5.95 Å². The molecule has 0 bridgehead atoms. The van der Waals surface area contributed by atoms with Gasteiger partial charge in [0.05, 0.1) is 7.11 Å². The van der Waals surface area contributed by atoms with Gasteiger partial charge in [0.25, 0.3) is 5.91 Å². The highest BCUT2D eigenvalue weighted by atomic mass is 16.5. The molecular formula is C26H28N6O2. The molecule has 0 aliphatic carbocycles. The minimum Gasteiger partial charge on any atom is -0.497 e. The molecule has 3 heterocycles. The molecule has 0 unspecified atom stereocenters. The summed E-state index contributed by atoms with van der Waals surface area (Å²) in [6, 6.07) is 19.2. The van der Waals surface area contributed by atoms with Crippen molar-refractivity contribution < 1.29 is 9.53 Å². The van der Waals surface area contributed by atoms with Crippen molar-refractivity contribution in [2.75, 3.05) is 38.6 Å². The summed E-state index contributed by atoms with van der Waals surface area (Å²) in [7, 11) is 1.65. The van der Waals surface area contributed by atoms with E-state index in [1.807, 2.05) is 66.9 Å². The topological polar surface area (TPSA) is 83.8 Å². The van der Waals surface area contributed by atoms with E-state index in [9.17, 15) is 4.79 Å². The van der Waals surface area contributed by atoms with Gasteiger partial charge >= 0.3 is 0 Å². The number of fused-ring (bicyclic) bond motifs is 1. The number of carbonyl (C=O) groups excluding carboxylic acids is 1. The summed E-state index contributed by atoms with van der Waals surface area (Å²) >= 11 is 0. The van der Waals surface area contributed by atoms with Crippen LogP contribution >= 0.6 is 0 Å². The fourth-order valence-corrected chi connectivity index (χ4v) is 4.26. The molecule has 4 aromatic rings. The molecule has 0 saturated carbocycles. The molecule has 8 nitrogen and oxygen atoms in total. The van der Waals surface area contributed by atoms with Crippen LogP contribution in [0.5, 0.6) is 5.75 Å². The maximum Gasteiger partial charge on any atom is 0.251 e. The van der Waals surface area contributed by atoms with Gasteiger partial charge < -0.3 is 20.3 Å². The third-order valence-electron chi connectivity index (χ3n) is 6.06. The normalized spacial score (nSPS) is 13.8. The Kier molecular flexibility index (Phi) is 6.40. The molecule has 1 saturated heterocycles. The summed E-state index contributed by atoms with van der Waals surface area (Å²) in [6.07, 6.45) is 4.37. The smallest absolute Gasteiger partial charge is 0.251 e. The Hall–Kier alpha value is -3.91. The summed E-state index contributed by atoms with van der Waals surface area (Å²) in [5.74, 6) is 1.19. The van der Waals surface area contributed by atoms with Gasteiger partial charge in [0.15, 0.2) is 5.65 Å². The van der Waals surface area contributed by atoms with Crippen molar-refractivity contribution in [3.63, 3.8) is 0 Å². The van der Waals surface area contributed by atoms with Crippen LogP contribution in [0.2, 0.25) is 0 Å². The summed E-state index contributed by atoms with van der Waals surface area (Å²) in [6.45, 7) is 3.80. The van der Waals surface area contributed by atoms with E-state index < -0.39 is 0 Å². The molecule has 5 rings (SSSR count). The van der Waals surface area contributed by atoms with Gasteiger partial charge in [-0.3, -0.25) is 4.79 Å². The Morgan fingerprint density at radius 1 is 1.06 bits per heavy atom. The second kappa shape index (κ2) is 9.93. The lowest BCUT2D eigenvalue weighted by molar-refractivity contribution is 0.0950. The van der Waals surface area contributed by atoms with Gasteiger partial charge in [-0.15, -0.1) is 5.10 Å². The molecule has 174 valence electrons. The molecule has 1 fully saturated rings. The zero-order valence-corrected chi connectivity index (χ0v) is 19.2. The molecule has 0 atom stereocenters. The molecule has 2 aromatic carbocycles. The van der Waals surface area contributed by atoms with Crippen LogP contribution in [-0.4, -0.2) is 58.7 Å². The Morgan fingerprint density at radius 2 is 1.88 bits per heavy atom. The summed E-state index contributed by atoms with van der Waals surface area (Å²) in [5.41, 5.74) is 4.10. The maximum absolute atomic E-state index is 12.6. The number of nitrogens with one attached hydrogen (secondary N) is 2. The number of nitrogens with zero attached hydrogens (tertiary/aromatic N) is 4. The summed E-state index contributed by atoms with van der Waals surface area (Å²) in [5, 5.41) is 10.8. The second-order valence-electron chi connectivity index (χ2n) is 8.36. The first-order valence-corrected chi connectivity index (χ1v) is 11.6. The van der Waals surface area contributed by atoms with E-state index in [1.165, 1.54) is 12.8 Å². The quantitative estimate of drug-likeness (QED) is 0.417. The number of ether oxygens (including phenoxy) is 1. The number of aromatic nitrogens is 3. The van der Waals surface area contributed by atoms with E-state index in [4.69, 9.17) is 9.72 Å². The van der Waals surface area contributed by atoms with E-state index in [0.29, 0.717) is 18.1 Å². The lowest BCUT2D eigenvalue weighted by Gasteiger charge is -2.14. The number of rotatable bonds is 8. The fourth-order valence-electron chi connectivity index (χ4n) is 4.26. The van der Waals surface area contributed by atoms with Crippen LogP contribution in [0.1, 0.15) is 23.2 Å².